The Morgan fingerprint density at radius 1 is 1.15 bits per heavy atom. The van der Waals surface area contributed by atoms with Gasteiger partial charge in [-0.25, -0.2) is 4.79 Å². The maximum absolute atomic E-state index is 12.3. The van der Waals surface area contributed by atoms with Crippen LogP contribution in [0.25, 0.3) is 0 Å². The van der Waals surface area contributed by atoms with Gasteiger partial charge in [0.05, 0.1) is 33.6 Å². The standard InChI is InChI=1S/C19H15Cl2N3O3/c1-2-27-19(26)13-6-3-4-8-15(13)23-11-12(10-22)18(25)24-16-9-5-7-14(20)17(16)21/h3-9,11,23H,2H2,1H3,(H,24,25)/b12-11-. The lowest BCUT2D eigenvalue weighted by molar-refractivity contribution is -0.112. The van der Waals surface area contributed by atoms with E-state index in [0.29, 0.717) is 5.69 Å². The Kier molecular flexibility index (Phi) is 7.24. The van der Waals surface area contributed by atoms with E-state index in [9.17, 15) is 14.9 Å². The third kappa shape index (κ3) is 5.23. The number of anilines is 2. The first-order valence-electron chi connectivity index (χ1n) is 7.86. The van der Waals surface area contributed by atoms with E-state index in [1.54, 1.807) is 55.5 Å². The van der Waals surface area contributed by atoms with Crippen molar-refractivity contribution in [3.63, 3.8) is 0 Å². The van der Waals surface area contributed by atoms with Crippen LogP contribution in [0.4, 0.5) is 11.4 Å². The van der Waals surface area contributed by atoms with Crippen molar-refractivity contribution in [3.05, 3.63) is 69.8 Å². The lowest BCUT2D eigenvalue weighted by Gasteiger charge is -2.10. The number of para-hydroxylation sites is 1. The minimum atomic E-state index is -0.678. The zero-order chi connectivity index (χ0) is 19.8. The molecule has 0 heterocycles. The number of nitrogens with one attached hydrogen (secondary N) is 2. The zero-order valence-corrected chi connectivity index (χ0v) is 15.8. The maximum atomic E-state index is 12.3. The second kappa shape index (κ2) is 9.62. The molecule has 8 heteroatoms. The van der Waals surface area contributed by atoms with Crippen LogP contribution in [0.2, 0.25) is 10.0 Å². The first-order chi connectivity index (χ1) is 13.0. The molecule has 0 saturated carbocycles. The zero-order valence-electron chi connectivity index (χ0n) is 14.3. The fourth-order valence-corrected chi connectivity index (χ4v) is 2.43. The summed E-state index contributed by atoms with van der Waals surface area (Å²) >= 11 is 11.9. The number of ether oxygens (including phenoxy) is 1. The normalized spacial score (nSPS) is 10.7. The Balaban J connectivity index is 2.20. The summed E-state index contributed by atoms with van der Waals surface area (Å²) in [5.41, 5.74) is 0.746. The number of benzene rings is 2. The number of amides is 1. The number of nitrogens with zero attached hydrogens (tertiary/aromatic N) is 1. The van der Waals surface area contributed by atoms with E-state index >= 15 is 0 Å². The molecular formula is C19H15Cl2N3O3. The molecule has 0 bridgehead atoms. The molecule has 0 fully saturated rings. The Hall–Kier alpha value is -3.01. The van der Waals surface area contributed by atoms with Crippen LogP contribution in [-0.2, 0) is 9.53 Å². The van der Waals surface area contributed by atoms with Crippen molar-refractivity contribution in [1.82, 2.24) is 0 Å². The van der Waals surface area contributed by atoms with E-state index in [2.05, 4.69) is 10.6 Å². The van der Waals surface area contributed by atoms with Crippen molar-refractivity contribution in [3.8, 4) is 6.07 Å². The molecule has 0 radical (unpaired) electrons. The van der Waals surface area contributed by atoms with Crippen LogP contribution >= 0.6 is 23.2 Å². The molecule has 2 aromatic rings. The highest BCUT2D eigenvalue weighted by molar-refractivity contribution is 6.44. The van der Waals surface area contributed by atoms with Crippen molar-refractivity contribution >= 4 is 46.5 Å². The highest BCUT2D eigenvalue weighted by Crippen LogP contribution is 2.29. The molecule has 27 heavy (non-hydrogen) atoms. The van der Waals surface area contributed by atoms with Crippen LogP contribution in [-0.4, -0.2) is 18.5 Å². The molecule has 0 aliphatic carbocycles. The van der Waals surface area contributed by atoms with Crippen molar-refractivity contribution in [2.45, 2.75) is 6.92 Å². The number of nitriles is 1. The summed E-state index contributed by atoms with van der Waals surface area (Å²) in [4.78, 5) is 24.3. The molecule has 0 atom stereocenters. The number of halogens is 2. The predicted octanol–water partition coefficient (Wildman–Crippen LogP) is 4.63. The lowest BCUT2D eigenvalue weighted by atomic mass is 10.1. The third-order valence-electron chi connectivity index (χ3n) is 3.36. The van der Waals surface area contributed by atoms with Crippen LogP contribution in [0, 0.1) is 11.3 Å². The number of hydrogen-bond acceptors (Lipinski definition) is 5. The van der Waals surface area contributed by atoms with Crippen LogP contribution < -0.4 is 10.6 Å². The highest BCUT2D eigenvalue weighted by Gasteiger charge is 2.14. The summed E-state index contributed by atoms with van der Waals surface area (Å²) in [6.07, 6.45) is 1.20. The molecule has 2 N–H and O–H groups in total. The fraction of sp³-hybridized carbons (Fsp3) is 0.105. The van der Waals surface area contributed by atoms with E-state index < -0.39 is 11.9 Å². The molecule has 1 amide bonds. The van der Waals surface area contributed by atoms with E-state index in [-0.39, 0.29) is 33.5 Å². The lowest BCUT2D eigenvalue weighted by Crippen LogP contribution is -2.15. The molecule has 0 aliphatic rings. The van der Waals surface area contributed by atoms with Gasteiger partial charge < -0.3 is 15.4 Å². The second-order valence-corrected chi connectivity index (χ2v) is 5.92. The summed E-state index contributed by atoms with van der Waals surface area (Å²) < 4.78 is 4.98. The minimum absolute atomic E-state index is 0.172. The Bertz CT molecular complexity index is 936. The van der Waals surface area contributed by atoms with E-state index in [4.69, 9.17) is 27.9 Å². The molecular weight excluding hydrogens is 389 g/mol. The number of carbonyl (C=O) groups is 2. The van der Waals surface area contributed by atoms with Crippen LogP contribution in [0.5, 0.6) is 0 Å². The van der Waals surface area contributed by atoms with Gasteiger partial charge in [-0.3, -0.25) is 4.79 Å². The number of rotatable bonds is 6. The Labute approximate surface area is 166 Å². The van der Waals surface area contributed by atoms with Gasteiger partial charge in [-0.1, -0.05) is 41.4 Å². The monoisotopic (exact) mass is 403 g/mol. The van der Waals surface area contributed by atoms with Crippen molar-refractivity contribution in [2.75, 3.05) is 17.2 Å². The van der Waals surface area contributed by atoms with Gasteiger partial charge in [0.25, 0.3) is 5.91 Å². The number of carbonyl (C=O) groups excluding carboxylic acids is 2. The molecule has 2 aromatic carbocycles. The first kappa shape index (κ1) is 20.3. The van der Waals surface area contributed by atoms with Gasteiger partial charge in [-0.15, -0.1) is 0 Å². The van der Waals surface area contributed by atoms with E-state index in [0.717, 1.165) is 0 Å². The second-order valence-electron chi connectivity index (χ2n) is 5.14. The summed E-state index contributed by atoms with van der Waals surface area (Å²) in [5.74, 6) is -1.19. The largest absolute Gasteiger partial charge is 0.462 e. The Morgan fingerprint density at radius 3 is 2.56 bits per heavy atom. The highest BCUT2D eigenvalue weighted by atomic mass is 35.5. The SMILES string of the molecule is CCOC(=O)c1ccccc1N/C=C(/C#N)C(=O)Nc1cccc(Cl)c1Cl. The first-order valence-corrected chi connectivity index (χ1v) is 8.61. The van der Waals surface area contributed by atoms with Crippen molar-refractivity contribution in [1.29, 1.82) is 5.26 Å². The minimum Gasteiger partial charge on any atom is -0.462 e. The van der Waals surface area contributed by atoms with Crippen LogP contribution in [0.15, 0.2) is 54.2 Å². The van der Waals surface area contributed by atoms with Gasteiger partial charge in [-0.05, 0) is 31.2 Å². The topological polar surface area (TPSA) is 91.2 Å². The van der Waals surface area contributed by atoms with Gasteiger partial charge in [0.2, 0.25) is 0 Å². The summed E-state index contributed by atoms with van der Waals surface area (Å²) in [6.45, 7) is 1.93. The number of esters is 1. The molecule has 0 unspecified atom stereocenters. The average Bonchev–Trinajstić information content (AvgIpc) is 2.66. The van der Waals surface area contributed by atoms with Gasteiger partial charge in [0.15, 0.2) is 0 Å². The van der Waals surface area contributed by atoms with Crippen molar-refractivity contribution in [2.24, 2.45) is 0 Å². The summed E-state index contributed by atoms with van der Waals surface area (Å²) in [6, 6.07) is 13.1. The van der Waals surface area contributed by atoms with Crippen LogP contribution in [0.3, 0.4) is 0 Å². The van der Waals surface area contributed by atoms with Gasteiger partial charge >= 0.3 is 5.97 Å². The van der Waals surface area contributed by atoms with E-state index in [1.165, 1.54) is 6.20 Å². The molecule has 0 aromatic heterocycles. The van der Waals surface area contributed by atoms with Crippen LogP contribution in [0.1, 0.15) is 17.3 Å². The number of hydrogen-bond donors (Lipinski definition) is 2. The van der Waals surface area contributed by atoms with Gasteiger partial charge in [0.1, 0.15) is 11.6 Å². The van der Waals surface area contributed by atoms with Gasteiger partial charge in [0, 0.05) is 6.20 Å². The molecule has 0 saturated heterocycles. The molecule has 138 valence electrons. The summed E-state index contributed by atoms with van der Waals surface area (Å²) in [5, 5.41) is 15.0. The average molecular weight is 404 g/mol. The molecule has 6 nitrogen and oxygen atoms in total. The fourth-order valence-electron chi connectivity index (χ4n) is 2.08. The summed E-state index contributed by atoms with van der Waals surface area (Å²) in [7, 11) is 0. The molecule has 2 rings (SSSR count). The smallest absolute Gasteiger partial charge is 0.340 e. The van der Waals surface area contributed by atoms with Crippen molar-refractivity contribution < 1.29 is 14.3 Å². The quantitative estimate of drug-likeness (QED) is 0.416. The third-order valence-corrected chi connectivity index (χ3v) is 4.18. The van der Waals surface area contributed by atoms with Gasteiger partial charge in [-0.2, -0.15) is 5.26 Å². The van der Waals surface area contributed by atoms with E-state index in [1.807, 2.05) is 0 Å². The predicted molar refractivity (Wildman–Crippen MR) is 105 cm³/mol. The Morgan fingerprint density at radius 2 is 1.85 bits per heavy atom. The molecule has 0 aliphatic heterocycles. The maximum Gasteiger partial charge on any atom is 0.340 e. The molecule has 0 spiro atoms.